The van der Waals surface area contributed by atoms with Crippen LogP contribution in [0.15, 0.2) is 45.6 Å². The van der Waals surface area contributed by atoms with Gasteiger partial charge in [0, 0.05) is 11.6 Å². The van der Waals surface area contributed by atoms with E-state index in [2.05, 4.69) is 13.8 Å². The van der Waals surface area contributed by atoms with E-state index < -0.39 is 6.04 Å². The van der Waals surface area contributed by atoms with Crippen LogP contribution in [0.3, 0.4) is 0 Å². The van der Waals surface area contributed by atoms with E-state index in [1.165, 1.54) is 0 Å². The molecule has 4 rings (SSSR count). The summed E-state index contributed by atoms with van der Waals surface area (Å²) in [5.74, 6) is 0.638. The van der Waals surface area contributed by atoms with Gasteiger partial charge in [-0.3, -0.25) is 9.59 Å². The van der Waals surface area contributed by atoms with E-state index in [0.29, 0.717) is 34.7 Å². The molecule has 3 aromatic rings. The summed E-state index contributed by atoms with van der Waals surface area (Å²) in [6, 6.07) is 10.6. The van der Waals surface area contributed by atoms with Gasteiger partial charge in [0.2, 0.25) is 5.76 Å². The van der Waals surface area contributed by atoms with Gasteiger partial charge >= 0.3 is 0 Å². The number of benzene rings is 2. The highest BCUT2D eigenvalue weighted by molar-refractivity contribution is 6.32. The fraction of sp³-hybridized carbons (Fsp3) is 0.429. The monoisotopic (exact) mass is 481 g/mol. The van der Waals surface area contributed by atoms with Gasteiger partial charge in [-0.25, -0.2) is 0 Å². The smallest absolute Gasteiger partial charge is 0.290 e. The van der Waals surface area contributed by atoms with Crippen molar-refractivity contribution in [1.29, 1.82) is 0 Å². The summed E-state index contributed by atoms with van der Waals surface area (Å²) in [5, 5.41) is 0.900. The van der Waals surface area contributed by atoms with E-state index in [4.69, 9.17) is 20.8 Å². The quantitative estimate of drug-likeness (QED) is 0.291. The van der Waals surface area contributed by atoms with Crippen LogP contribution < -0.4 is 10.2 Å². The molecule has 1 unspecified atom stereocenters. The molecule has 0 saturated carbocycles. The molecular formula is C28H32ClNO4. The number of carbonyl (C=O) groups is 1. The average molecular weight is 482 g/mol. The van der Waals surface area contributed by atoms with Gasteiger partial charge in [0.1, 0.15) is 11.3 Å². The molecule has 1 amide bonds. The second-order valence-corrected chi connectivity index (χ2v) is 9.41. The zero-order valence-electron chi connectivity index (χ0n) is 20.2. The summed E-state index contributed by atoms with van der Waals surface area (Å²) in [6.07, 6.45) is 6.14. The van der Waals surface area contributed by atoms with E-state index in [0.717, 1.165) is 55.4 Å². The summed E-state index contributed by atoms with van der Waals surface area (Å²) < 4.78 is 12.0. The number of hydrogen-bond donors (Lipinski definition) is 0. The van der Waals surface area contributed by atoms with E-state index in [9.17, 15) is 9.59 Å². The molecule has 180 valence electrons. The Kier molecular flexibility index (Phi) is 7.62. The molecule has 0 bridgehead atoms. The third-order valence-corrected chi connectivity index (χ3v) is 6.85. The zero-order chi connectivity index (χ0) is 24.2. The van der Waals surface area contributed by atoms with Crippen molar-refractivity contribution < 1.29 is 13.9 Å². The Morgan fingerprint density at radius 2 is 1.79 bits per heavy atom. The molecule has 0 fully saturated rings. The predicted molar refractivity (Wildman–Crippen MR) is 136 cm³/mol. The van der Waals surface area contributed by atoms with Crippen molar-refractivity contribution in [2.24, 2.45) is 0 Å². The van der Waals surface area contributed by atoms with Crippen molar-refractivity contribution in [2.75, 3.05) is 13.2 Å². The lowest BCUT2D eigenvalue weighted by Crippen LogP contribution is -2.30. The van der Waals surface area contributed by atoms with Gasteiger partial charge in [0.05, 0.1) is 23.6 Å². The zero-order valence-corrected chi connectivity index (χ0v) is 20.9. The maximum absolute atomic E-state index is 13.7. The van der Waals surface area contributed by atoms with Crippen LogP contribution in [0.5, 0.6) is 5.75 Å². The molecular weight excluding hydrogens is 450 g/mol. The average Bonchev–Trinajstić information content (AvgIpc) is 3.10. The van der Waals surface area contributed by atoms with Crippen LogP contribution in [0.1, 0.15) is 85.7 Å². The molecule has 0 saturated heterocycles. The van der Waals surface area contributed by atoms with Crippen molar-refractivity contribution in [3.05, 3.63) is 74.1 Å². The molecule has 0 spiro atoms. The third-order valence-electron chi connectivity index (χ3n) is 6.44. The lowest BCUT2D eigenvalue weighted by Gasteiger charge is -2.25. The van der Waals surface area contributed by atoms with Gasteiger partial charge in [-0.15, -0.1) is 0 Å². The lowest BCUT2D eigenvalue weighted by atomic mass is 9.98. The fourth-order valence-corrected chi connectivity index (χ4v) is 4.73. The van der Waals surface area contributed by atoms with Crippen LogP contribution in [-0.2, 0) is 0 Å². The highest BCUT2D eigenvalue weighted by atomic mass is 35.5. The van der Waals surface area contributed by atoms with Crippen LogP contribution in [0.25, 0.3) is 11.0 Å². The Morgan fingerprint density at radius 1 is 1.03 bits per heavy atom. The van der Waals surface area contributed by atoms with E-state index >= 15 is 0 Å². The second-order valence-electron chi connectivity index (χ2n) is 9.01. The number of amides is 1. The Labute approximate surface area is 205 Å². The molecule has 6 heteroatoms. The van der Waals surface area contributed by atoms with Crippen molar-refractivity contribution in [3.63, 3.8) is 0 Å². The molecule has 2 heterocycles. The SMILES string of the molecule is CCCCCOc1cccc(C2c3c(oc4cc(C)c(Cl)cc4c3=O)C(=O)N2CCCCC)c1. The Bertz CT molecular complexity index is 1250. The first-order valence-corrected chi connectivity index (χ1v) is 12.6. The first-order valence-electron chi connectivity index (χ1n) is 12.3. The lowest BCUT2D eigenvalue weighted by molar-refractivity contribution is 0.0724. The second kappa shape index (κ2) is 10.6. The molecule has 0 aliphatic carbocycles. The molecule has 2 aromatic carbocycles. The van der Waals surface area contributed by atoms with Gasteiger partial charge in [-0.2, -0.15) is 0 Å². The summed E-state index contributed by atoms with van der Waals surface area (Å²) >= 11 is 6.32. The molecule has 1 atom stereocenters. The van der Waals surface area contributed by atoms with Crippen molar-refractivity contribution >= 4 is 28.5 Å². The van der Waals surface area contributed by atoms with Gasteiger partial charge in [-0.05, 0) is 55.2 Å². The van der Waals surface area contributed by atoms with Crippen LogP contribution in [0, 0.1) is 6.92 Å². The third kappa shape index (κ3) is 4.72. The highest BCUT2D eigenvalue weighted by Crippen LogP contribution is 2.39. The Hall–Kier alpha value is -2.79. The summed E-state index contributed by atoms with van der Waals surface area (Å²) in [6.45, 7) is 7.33. The summed E-state index contributed by atoms with van der Waals surface area (Å²) in [4.78, 5) is 28.9. The highest BCUT2D eigenvalue weighted by Gasteiger charge is 2.42. The van der Waals surface area contributed by atoms with Crippen molar-refractivity contribution in [2.45, 2.75) is 65.3 Å². The first-order chi connectivity index (χ1) is 16.5. The fourth-order valence-electron chi connectivity index (χ4n) is 4.57. The molecule has 5 nitrogen and oxygen atoms in total. The van der Waals surface area contributed by atoms with Crippen LogP contribution >= 0.6 is 11.6 Å². The molecule has 1 aromatic heterocycles. The number of rotatable bonds is 10. The Morgan fingerprint density at radius 3 is 2.56 bits per heavy atom. The van der Waals surface area contributed by atoms with E-state index in [1.807, 2.05) is 31.2 Å². The molecule has 0 N–H and O–H groups in total. The molecule has 0 radical (unpaired) electrons. The number of ether oxygens (including phenoxy) is 1. The minimum atomic E-state index is -0.515. The number of fused-ring (bicyclic) bond motifs is 2. The van der Waals surface area contributed by atoms with Gasteiger partial charge in [0.15, 0.2) is 5.43 Å². The number of hydrogen-bond acceptors (Lipinski definition) is 4. The molecule has 34 heavy (non-hydrogen) atoms. The minimum absolute atomic E-state index is 0.134. The van der Waals surface area contributed by atoms with Crippen LogP contribution in [0.4, 0.5) is 0 Å². The van der Waals surface area contributed by atoms with Crippen molar-refractivity contribution in [3.8, 4) is 5.75 Å². The van der Waals surface area contributed by atoms with Gasteiger partial charge in [-0.1, -0.05) is 63.3 Å². The summed E-state index contributed by atoms with van der Waals surface area (Å²) in [7, 11) is 0. The van der Waals surface area contributed by atoms with Crippen molar-refractivity contribution in [1.82, 2.24) is 4.90 Å². The largest absolute Gasteiger partial charge is 0.494 e. The minimum Gasteiger partial charge on any atom is -0.494 e. The van der Waals surface area contributed by atoms with E-state index in [1.54, 1.807) is 17.0 Å². The predicted octanol–water partition coefficient (Wildman–Crippen LogP) is 7.06. The standard InChI is InChI=1S/C28H32ClNO4/c1-4-6-8-13-30-25(19-11-10-12-20(16-19)33-14-9-7-5-2)24-26(31)21-17-22(29)18(3)15-23(21)34-27(24)28(30)32/h10-12,15-17,25H,4-9,13-14H2,1-3H3. The topological polar surface area (TPSA) is 59.8 Å². The Balaban J connectivity index is 1.80. The normalized spacial score (nSPS) is 15.2. The molecule has 1 aliphatic rings. The maximum Gasteiger partial charge on any atom is 0.290 e. The van der Waals surface area contributed by atoms with Crippen LogP contribution in [-0.4, -0.2) is 24.0 Å². The van der Waals surface area contributed by atoms with Crippen LogP contribution in [0.2, 0.25) is 5.02 Å². The first kappa shape index (κ1) is 24.3. The number of aryl methyl sites for hydroxylation is 1. The van der Waals surface area contributed by atoms with Gasteiger partial charge in [0.25, 0.3) is 5.91 Å². The molecule has 1 aliphatic heterocycles. The maximum atomic E-state index is 13.7. The van der Waals surface area contributed by atoms with Gasteiger partial charge < -0.3 is 14.1 Å². The number of nitrogens with zero attached hydrogens (tertiary/aromatic N) is 1. The summed E-state index contributed by atoms with van der Waals surface area (Å²) in [5.41, 5.74) is 2.22. The number of halogens is 1. The number of carbonyl (C=O) groups excluding carboxylic acids is 1. The number of unbranched alkanes of at least 4 members (excludes halogenated alkanes) is 4. The van der Waals surface area contributed by atoms with E-state index in [-0.39, 0.29) is 17.1 Å².